The van der Waals surface area contributed by atoms with Crippen molar-refractivity contribution in [2.24, 2.45) is 5.18 Å². The summed E-state index contributed by atoms with van der Waals surface area (Å²) in [7, 11) is -3.13. The van der Waals surface area contributed by atoms with E-state index in [0.717, 1.165) is 0 Å². The zero-order chi connectivity index (χ0) is 10.3. The van der Waals surface area contributed by atoms with E-state index < -0.39 is 12.5 Å². The van der Waals surface area contributed by atoms with E-state index >= 15 is 0 Å². The summed E-state index contributed by atoms with van der Waals surface area (Å²) in [6, 6.07) is 0. The van der Waals surface area contributed by atoms with E-state index in [1.807, 2.05) is 0 Å². The first-order valence-corrected chi connectivity index (χ1v) is 6.57. The number of alkyl halides is 1. The predicted molar refractivity (Wildman–Crippen MR) is 54.2 cm³/mol. The van der Waals surface area contributed by atoms with Crippen LogP contribution in [0.1, 0.15) is 13.8 Å². The van der Waals surface area contributed by atoms with E-state index in [4.69, 9.17) is 9.05 Å². The van der Waals surface area contributed by atoms with Gasteiger partial charge in [-0.1, -0.05) is 21.1 Å². The Morgan fingerprint density at radius 1 is 1.38 bits per heavy atom. The quantitative estimate of drug-likeness (QED) is 0.310. The largest absolute Gasteiger partial charge is 0.333 e. The Hall–Kier alpha value is 0.230. The normalized spacial score (nSPS) is 14.1. The monoisotopic (exact) mass is 273 g/mol. The van der Waals surface area contributed by atoms with Crippen LogP contribution >= 0.6 is 23.5 Å². The molecular formula is C6H13BrNO4P. The molecule has 0 radical (unpaired) electrons. The molecular weight excluding hydrogens is 261 g/mol. The Morgan fingerprint density at radius 2 is 1.85 bits per heavy atom. The third-order valence-corrected chi connectivity index (χ3v) is 4.23. The summed E-state index contributed by atoms with van der Waals surface area (Å²) < 4.78 is 21.6. The highest BCUT2D eigenvalue weighted by Gasteiger charge is 2.27. The lowest BCUT2D eigenvalue weighted by Crippen LogP contribution is -2.07. The second-order valence-electron chi connectivity index (χ2n) is 2.17. The van der Waals surface area contributed by atoms with Gasteiger partial charge in [-0.15, -0.1) is 4.91 Å². The standard InChI is InChI=1S/C6H13BrNO4P/c1-3-11-13(10,12-4-2)5-6(7)8-9/h6H,3-5H2,1-2H3. The fraction of sp³-hybridized carbons (Fsp3) is 1.00. The molecule has 5 nitrogen and oxygen atoms in total. The molecule has 0 saturated carbocycles. The van der Waals surface area contributed by atoms with Crippen molar-refractivity contribution >= 4 is 23.5 Å². The average Bonchev–Trinajstić information content (AvgIpc) is 2.04. The van der Waals surface area contributed by atoms with Crippen molar-refractivity contribution < 1.29 is 13.6 Å². The molecule has 0 amide bonds. The molecule has 0 bridgehead atoms. The van der Waals surface area contributed by atoms with E-state index in [-0.39, 0.29) is 19.4 Å². The molecule has 0 fully saturated rings. The maximum absolute atomic E-state index is 11.7. The fourth-order valence-electron chi connectivity index (χ4n) is 0.754. The highest BCUT2D eigenvalue weighted by atomic mass is 79.9. The van der Waals surface area contributed by atoms with Gasteiger partial charge in [0.2, 0.25) is 0 Å². The molecule has 78 valence electrons. The Bertz CT molecular complexity index is 191. The predicted octanol–water partition coefficient (Wildman–Crippen LogP) is 2.74. The van der Waals surface area contributed by atoms with Crippen LogP contribution in [0, 0.1) is 4.91 Å². The molecule has 0 rings (SSSR count). The molecule has 13 heavy (non-hydrogen) atoms. The minimum Gasteiger partial charge on any atom is -0.309 e. The van der Waals surface area contributed by atoms with Gasteiger partial charge >= 0.3 is 7.60 Å². The average molecular weight is 274 g/mol. The van der Waals surface area contributed by atoms with Crippen molar-refractivity contribution in [2.45, 2.75) is 18.8 Å². The smallest absolute Gasteiger partial charge is 0.309 e. The van der Waals surface area contributed by atoms with Gasteiger partial charge in [0, 0.05) is 0 Å². The van der Waals surface area contributed by atoms with E-state index in [1.54, 1.807) is 13.8 Å². The van der Waals surface area contributed by atoms with Crippen molar-refractivity contribution in [2.75, 3.05) is 19.4 Å². The molecule has 0 aliphatic carbocycles. The number of halogens is 1. The molecule has 0 aromatic carbocycles. The zero-order valence-electron chi connectivity index (χ0n) is 7.60. The number of nitroso groups, excluding NO2 is 1. The molecule has 7 heteroatoms. The molecule has 0 aliphatic rings. The van der Waals surface area contributed by atoms with E-state index in [9.17, 15) is 9.47 Å². The topological polar surface area (TPSA) is 65.0 Å². The molecule has 0 aromatic rings. The van der Waals surface area contributed by atoms with E-state index in [2.05, 4.69) is 21.1 Å². The van der Waals surface area contributed by atoms with Crippen LogP contribution in [0.5, 0.6) is 0 Å². The SMILES string of the molecule is CCOP(=O)(CC(Br)N=O)OCC. The van der Waals surface area contributed by atoms with Gasteiger partial charge in [-0.05, 0) is 13.8 Å². The lowest BCUT2D eigenvalue weighted by Gasteiger charge is -2.16. The lowest BCUT2D eigenvalue weighted by atomic mass is 10.8. The van der Waals surface area contributed by atoms with E-state index in [1.165, 1.54) is 0 Å². The van der Waals surface area contributed by atoms with Crippen LogP contribution in [0.25, 0.3) is 0 Å². The van der Waals surface area contributed by atoms with Gasteiger partial charge in [0.25, 0.3) is 0 Å². The van der Waals surface area contributed by atoms with Crippen LogP contribution in [-0.4, -0.2) is 24.3 Å². The van der Waals surface area contributed by atoms with Crippen LogP contribution < -0.4 is 0 Å². The van der Waals surface area contributed by atoms with Crippen molar-refractivity contribution in [3.8, 4) is 0 Å². The van der Waals surface area contributed by atoms with Gasteiger partial charge in [-0.3, -0.25) is 4.57 Å². The summed E-state index contributed by atoms with van der Waals surface area (Å²) >= 11 is 2.94. The molecule has 0 heterocycles. The minimum atomic E-state index is -3.13. The molecule has 0 spiro atoms. The number of hydrogen-bond acceptors (Lipinski definition) is 5. The molecule has 0 aromatic heterocycles. The fourth-order valence-corrected chi connectivity index (χ4v) is 3.33. The van der Waals surface area contributed by atoms with Crippen LogP contribution in [0.15, 0.2) is 5.18 Å². The highest BCUT2D eigenvalue weighted by Crippen LogP contribution is 2.49. The highest BCUT2D eigenvalue weighted by molar-refractivity contribution is 9.09. The second kappa shape index (κ2) is 6.65. The number of nitrogens with zero attached hydrogens (tertiary/aromatic N) is 1. The maximum atomic E-state index is 11.7. The Labute approximate surface area is 85.8 Å². The van der Waals surface area contributed by atoms with Gasteiger partial charge in [0.05, 0.1) is 19.4 Å². The second-order valence-corrected chi connectivity index (χ2v) is 5.33. The first kappa shape index (κ1) is 13.2. The first-order chi connectivity index (χ1) is 6.08. The van der Waals surface area contributed by atoms with Gasteiger partial charge < -0.3 is 9.05 Å². The number of rotatable bonds is 7. The zero-order valence-corrected chi connectivity index (χ0v) is 10.1. The first-order valence-electron chi connectivity index (χ1n) is 3.92. The lowest BCUT2D eigenvalue weighted by molar-refractivity contribution is 0.220. The third-order valence-electron chi connectivity index (χ3n) is 1.14. The van der Waals surface area contributed by atoms with Gasteiger partial charge in [0.15, 0.2) is 4.95 Å². The van der Waals surface area contributed by atoms with Gasteiger partial charge in [-0.25, -0.2) is 0 Å². The Kier molecular flexibility index (Phi) is 6.77. The van der Waals surface area contributed by atoms with Crippen molar-refractivity contribution in [3.63, 3.8) is 0 Å². The molecule has 1 unspecified atom stereocenters. The van der Waals surface area contributed by atoms with Gasteiger partial charge in [0.1, 0.15) is 0 Å². The molecule has 0 aliphatic heterocycles. The summed E-state index contributed by atoms with van der Waals surface area (Å²) in [6.07, 6.45) is -0.0296. The van der Waals surface area contributed by atoms with Gasteiger partial charge in [-0.2, -0.15) is 0 Å². The van der Waals surface area contributed by atoms with Crippen LogP contribution in [0.4, 0.5) is 0 Å². The summed E-state index contributed by atoms with van der Waals surface area (Å²) in [5, 5.41) is 2.67. The molecule has 0 saturated heterocycles. The Morgan fingerprint density at radius 3 is 2.15 bits per heavy atom. The van der Waals surface area contributed by atoms with Crippen LogP contribution in [0.2, 0.25) is 0 Å². The summed E-state index contributed by atoms with van der Waals surface area (Å²) in [6.45, 7) is 4.00. The van der Waals surface area contributed by atoms with E-state index in [0.29, 0.717) is 0 Å². The third kappa shape index (κ3) is 5.52. The van der Waals surface area contributed by atoms with Crippen LogP contribution in [0.3, 0.4) is 0 Å². The summed E-state index contributed by atoms with van der Waals surface area (Å²) in [5.74, 6) is 0. The summed E-state index contributed by atoms with van der Waals surface area (Å²) in [5.41, 5.74) is 0. The minimum absolute atomic E-state index is 0.0296. The van der Waals surface area contributed by atoms with Crippen LogP contribution in [-0.2, 0) is 13.6 Å². The Balaban J connectivity index is 4.22. The maximum Gasteiger partial charge on any atom is 0.333 e. The van der Waals surface area contributed by atoms with Crippen molar-refractivity contribution in [1.29, 1.82) is 0 Å². The molecule has 1 atom stereocenters. The molecule has 0 N–H and O–H groups in total. The number of hydrogen-bond donors (Lipinski definition) is 0. The van der Waals surface area contributed by atoms with Crippen molar-refractivity contribution in [1.82, 2.24) is 0 Å². The summed E-state index contributed by atoms with van der Waals surface area (Å²) in [4.78, 5) is 9.34. The van der Waals surface area contributed by atoms with Crippen molar-refractivity contribution in [3.05, 3.63) is 4.91 Å².